The van der Waals surface area contributed by atoms with Gasteiger partial charge in [-0.15, -0.1) is 0 Å². The minimum absolute atomic E-state index is 0.258. The lowest BCUT2D eigenvalue weighted by atomic mass is 10.2. The third-order valence-corrected chi connectivity index (χ3v) is 3.34. The summed E-state index contributed by atoms with van der Waals surface area (Å²) >= 11 is 3.31. The first-order valence-electron chi connectivity index (χ1n) is 5.55. The van der Waals surface area contributed by atoms with Crippen molar-refractivity contribution in [1.29, 1.82) is 5.26 Å². The molecular formula is C13H6BrFN4O. The zero-order valence-corrected chi connectivity index (χ0v) is 11.5. The normalized spacial score (nSPS) is 10.4. The summed E-state index contributed by atoms with van der Waals surface area (Å²) in [6.07, 6.45) is 1.59. The molecule has 2 aromatic heterocycles. The lowest BCUT2D eigenvalue weighted by Gasteiger charge is -1.98. The van der Waals surface area contributed by atoms with Gasteiger partial charge in [-0.3, -0.25) is 0 Å². The summed E-state index contributed by atoms with van der Waals surface area (Å²) in [6.45, 7) is 0. The lowest BCUT2D eigenvalue weighted by molar-refractivity contribution is 0.432. The predicted molar refractivity (Wildman–Crippen MR) is 71.9 cm³/mol. The van der Waals surface area contributed by atoms with Gasteiger partial charge in [0.25, 0.3) is 5.89 Å². The highest BCUT2D eigenvalue weighted by Crippen LogP contribution is 2.28. The van der Waals surface area contributed by atoms with Crippen LogP contribution in [0.3, 0.4) is 0 Å². The van der Waals surface area contributed by atoms with Gasteiger partial charge in [0.2, 0.25) is 5.82 Å². The molecule has 0 bridgehead atoms. The number of aromatic nitrogens is 3. The van der Waals surface area contributed by atoms with Gasteiger partial charge in [-0.25, -0.2) is 4.39 Å². The lowest BCUT2D eigenvalue weighted by Crippen LogP contribution is -1.84. The van der Waals surface area contributed by atoms with E-state index in [2.05, 4.69) is 31.1 Å². The summed E-state index contributed by atoms with van der Waals surface area (Å²) in [6, 6.07) is 7.79. The Labute approximate surface area is 121 Å². The van der Waals surface area contributed by atoms with Crippen LogP contribution < -0.4 is 0 Å². The van der Waals surface area contributed by atoms with Crippen molar-refractivity contribution in [1.82, 2.24) is 15.1 Å². The van der Waals surface area contributed by atoms with Crippen LogP contribution >= 0.6 is 15.9 Å². The Morgan fingerprint density at radius 1 is 1.35 bits per heavy atom. The van der Waals surface area contributed by atoms with E-state index in [1.54, 1.807) is 18.3 Å². The first-order valence-corrected chi connectivity index (χ1v) is 6.34. The van der Waals surface area contributed by atoms with E-state index in [0.717, 1.165) is 0 Å². The van der Waals surface area contributed by atoms with Crippen LogP contribution in [0.2, 0.25) is 0 Å². The van der Waals surface area contributed by atoms with E-state index in [4.69, 9.17) is 9.78 Å². The van der Waals surface area contributed by atoms with Crippen molar-refractivity contribution in [2.24, 2.45) is 0 Å². The molecule has 1 aromatic carbocycles. The second-order valence-corrected chi connectivity index (χ2v) is 4.82. The van der Waals surface area contributed by atoms with E-state index in [1.807, 2.05) is 6.07 Å². The van der Waals surface area contributed by atoms with Crippen LogP contribution in [0.4, 0.5) is 4.39 Å². The average molecular weight is 333 g/mol. The van der Waals surface area contributed by atoms with Gasteiger partial charge in [0.15, 0.2) is 0 Å². The Bertz CT molecular complexity index is 818. The van der Waals surface area contributed by atoms with E-state index in [-0.39, 0.29) is 17.5 Å². The fourth-order valence-corrected chi connectivity index (χ4v) is 2.13. The van der Waals surface area contributed by atoms with E-state index in [9.17, 15) is 4.39 Å². The first-order chi connectivity index (χ1) is 9.67. The molecule has 0 radical (unpaired) electrons. The molecule has 0 aliphatic carbocycles. The Kier molecular flexibility index (Phi) is 3.08. The number of rotatable bonds is 2. The molecular weight excluding hydrogens is 327 g/mol. The van der Waals surface area contributed by atoms with E-state index in [0.29, 0.717) is 21.3 Å². The van der Waals surface area contributed by atoms with Gasteiger partial charge in [-0.1, -0.05) is 21.1 Å². The van der Waals surface area contributed by atoms with Gasteiger partial charge < -0.3 is 9.51 Å². The largest absolute Gasteiger partial charge is 0.352 e. The second-order valence-electron chi connectivity index (χ2n) is 3.96. The van der Waals surface area contributed by atoms with Crippen molar-refractivity contribution >= 4 is 15.9 Å². The molecule has 20 heavy (non-hydrogen) atoms. The Morgan fingerprint density at radius 3 is 2.95 bits per heavy atom. The molecule has 0 saturated carbocycles. The highest BCUT2D eigenvalue weighted by Gasteiger charge is 2.14. The molecule has 1 N–H and O–H groups in total. The first kappa shape index (κ1) is 12.6. The topological polar surface area (TPSA) is 78.5 Å². The summed E-state index contributed by atoms with van der Waals surface area (Å²) < 4.78 is 19.1. The Balaban J connectivity index is 2.02. The van der Waals surface area contributed by atoms with Crippen molar-refractivity contribution in [2.75, 3.05) is 0 Å². The van der Waals surface area contributed by atoms with Crippen molar-refractivity contribution in [3.05, 3.63) is 46.4 Å². The predicted octanol–water partition coefficient (Wildman–Crippen LogP) is 3.50. The summed E-state index contributed by atoms with van der Waals surface area (Å²) in [5, 5.41) is 12.6. The molecule has 0 saturated heterocycles. The standard InChI is InChI=1S/C13H6BrFN4O/c14-11-2-1-8(15)4-10(11)12-18-13(20-19-12)7-3-9(5-16)17-6-7/h1-4,6,17H. The number of nitrogens with zero attached hydrogens (tertiary/aromatic N) is 3. The molecule has 2 heterocycles. The zero-order valence-electron chi connectivity index (χ0n) is 9.89. The molecule has 3 aromatic rings. The van der Waals surface area contributed by atoms with Crippen LogP contribution in [0.25, 0.3) is 22.8 Å². The Hall–Kier alpha value is -2.46. The number of hydrogen-bond donors (Lipinski definition) is 1. The highest BCUT2D eigenvalue weighted by atomic mass is 79.9. The number of nitriles is 1. The molecule has 0 spiro atoms. The maximum atomic E-state index is 13.3. The summed E-state index contributed by atoms with van der Waals surface area (Å²) in [7, 11) is 0. The number of benzene rings is 1. The molecule has 0 aliphatic heterocycles. The van der Waals surface area contributed by atoms with Crippen LogP contribution in [-0.2, 0) is 0 Å². The van der Waals surface area contributed by atoms with Crippen molar-refractivity contribution in [3.63, 3.8) is 0 Å². The zero-order chi connectivity index (χ0) is 14.1. The van der Waals surface area contributed by atoms with Gasteiger partial charge in [-0.05, 0) is 24.3 Å². The molecule has 98 valence electrons. The van der Waals surface area contributed by atoms with Crippen LogP contribution in [0, 0.1) is 17.1 Å². The van der Waals surface area contributed by atoms with Crippen LogP contribution in [0.5, 0.6) is 0 Å². The monoisotopic (exact) mass is 332 g/mol. The fourth-order valence-electron chi connectivity index (χ4n) is 1.70. The number of H-pyrrole nitrogens is 1. The molecule has 0 fully saturated rings. The van der Waals surface area contributed by atoms with E-state index < -0.39 is 0 Å². The third-order valence-electron chi connectivity index (χ3n) is 2.65. The van der Waals surface area contributed by atoms with Crippen molar-refractivity contribution in [3.8, 4) is 28.9 Å². The molecule has 0 aliphatic rings. The number of aromatic amines is 1. The molecule has 5 nitrogen and oxygen atoms in total. The van der Waals surface area contributed by atoms with Gasteiger partial charge >= 0.3 is 0 Å². The molecule has 7 heteroatoms. The molecule has 0 amide bonds. The minimum atomic E-state index is -0.386. The average Bonchev–Trinajstić information content (AvgIpc) is 3.09. The maximum absolute atomic E-state index is 13.3. The van der Waals surface area contributed by atoms with Crippen molar-refractivity contribution in [2.45, 2.75) is 0 Å². The highest BCUT2D eigenvalue weighted by molar-refractivity contribution is 9.10. The number of hydrogen-bond acceptors (Lipinski definition) is 4. The van der Waals surface area contributed by atoms with Gasteiger partial charge in [0.1, 0.15) is 17.6 Å². The van der Waals surface area contributed by atoms with Crippen molar-refractivity contribution < 1.29 is 8.91 Å². The van der Waals surface area contributed by atoms with E-state index >= 15 is 0 Å². The summed E-state index contributed by atoms with van der Waals surface area (Å²) in [5.41, 5.74) is 1.50. The molecule has 0 unspecified atom stereocenters. The molecule has 3 rings (SSSR count). The second kappa shape index (κ2) is 4.90. The maximum Gasteiger partial charge on any atom is 0.259 e. The smallest absolute Gasteiger partial charge is 0.259 e. The summed E-state index contributed by atoms with van der Waals surface area (Å²) in [4.78, 5) is 6.96. The SMILES string of the molecule is N#Cc1cc(-c2nc(-c3cc(F)ccc3Br)no2)c[nH]1. The van der Waals surface area contributed by atoms with Crippen LogP contribution in [0.15, 0.2) is 39.5 Å². The van der Waals surface area contributed by atoms with Gasteiger partial charge in [0, 0.05) is 16.2 Å². The van der Waals surface area contributed by atoms with Crippen LogP contribution in [-0.4, -0.2) is 15.1 Å². The fraction of sp³-hybridized carbons (Fsp3) is 0. The van der Waals surface area contributed by atoms with Gasteiger partial charge in [-0.2, -0.15) is 10.2 Å². The number of halogens is 2. The Morgan fingerprint density at radius 2 is 2.20 bits per heavy atom. The van der Waals surface area contributed by atoms with E-state index in [1.165, 1.54) is 12.1 Å². The summed E-state index contributed by atoms with van der Waals surface area (Å²) in [5.74, 6) is 0.142. The van der Waals surface area contributed by atoms with Crippen LogP contribution in [0.1, 0.15) is 5.69 Å². The molecule has 0 atom stereocenters. The quantitative estimate of drug-likeness (QED) is 0.778. The van der Waals surface area contributed by atoms with Gasteiger partial charge in [0.05, 0.1) is 5.56 Å². The third kappa shape index (κ3) is 2.21. The minimum Gasteiger partial charge on any atom is -0.352 e. The number of nitrogens with one attached hydrogen (secondary N) is 1.